The van der Waals surface area contributed by atoms with E-state index in [9.17, 15) is 4.79 Å². The van der Waals surface area contributed by atoms with Crippen LogP contribution in [0.4, 0.5) is 0 Å². The van der Waals surface area contributed by atoms with Crippen molar-refractivity contribution >= 4 is 17.0 Å². The third kappa shape index (κ3) is 2.10. The Morgan fingerprint density at radius 1 is 1.44 bits per heavy atom. The van der Waals surface area contributed by atoms with E-state index in [0.29, 0.717) is 0 Å². The van der Waals surface area contributed by atoms with Gasteiger partial charge in [0, 0.05) is 6.42 Å². The zero-order valence-electron chi connectivity index (χ0n) is 11.0. The molecule has 0 aliphatic heterocycles. The molecule has 0 radical (unpaired) electrons. The van der Waals surface area contributed by atoms with Gasteiger partial charge in [0.15, 0.2) is 0 Å². The van der Waals surface area contributed by atoms with Gasteiger partial charge in [-0.15, -0.1) is 0 Å². The molecule has 1 heterocycles. The molecule has 0 aliphatic rings. The first-order valence-corrected chi connectivity index (χ1v) is 6.22. The number of ether oxygens (including phenoxy) is 1. The molecule has 1 aromatic carbocycles. The molecular formula is C14H18N2O2. The fraction of sp³-hybridized carbons (Fsp3) is 0.429. The minimum absolute atomic E-state index is 0.240. The predicted octanol–water partition coefficient (Wildman–Crippen LogP) is 2.72. The molecule has 0 aliphatic carbocycles. The van der Waals surface area contributed by atoms with Crippen molar-refractivity contribution in [2.24, 2.45) is 0 Å². The summed E-state index contributed by atoms with van der Waals surface area (Å²) >= 11 is 0. The minimum atomic E-state index is -0.344. The number of hydrogen-bond acceptors (Lipinski definition) is 3. The maximum Gasteiger partial charge on any atom is 0.328 e. The first-order valence-electron chi connectivity index (χ1n) is 6.22. The van der Waals surface area contributed by atoms with Crippen molar-refractivity contribution in [3.8, 4) is 0 Å². The molecule has 96 valence electrons. The Labute approximate surface area is 107 Å². The average Bonchev–Trinajstić information content (AvgIpc) is 2.75. The Kier molecular flexibility index (Phi) is 3.65. The molecule has 4 heteroatoms. The topological polar surface area (TPSA) is 44.1 Å². The smallest absolute Gasteiger partial charge is 0.328 e. The summed E-state index contributed by atoms with van der Waals surface area (Å²) in [5.41, 5.74) is 1.91. The minimum Gasteiger partial charge on any atom is -0.467 e. The lowest BCUT2D eigenvalue weighted by Gasteiger charge is -2.15. The van der Waals surface area contributed by atoms with Gasteiger partial charge in [-0.25, -0.2) is 9.78 Å². The van der Waals surface area contributed by atoms with Crippen LogP contribution in [0.1, 0.15) is 32.1 Å². The molecule has 2 rings (SSSR count). The van der Waals surface area contributed by atoms with Crippen molar-refractivity contribution in [3.05, 3.63) is 30.1 Å². The quantitative estimate of drug-likeness (QED) is 0.779. The highest BCUT2D eigenvalue weighted by Crippen LogP contribution is 2.22. The Morgan fingerprint density at radius 3 is 2.83 bits per heavy atom. The number of carbonyl (C=O) groups is 1. The van der Waals surface area contributed by atoms with Crippen molar-refractivity contribution < 1.29 is 9.53 Å². The molecule has 2 aromatic rings. The second kappa shape index (κ2) is 5.21. The Morgan fingerprint density at radius 2 is 2.17 bits per heavy atom. The van der Waals surface area contributed by atoms with Gasteiger partial charge in [-0.05, 0) is 25.5 Å². The number of aromatic nitrogens is 2. The van der Waals surface area contributed by atoms with E-state index < -0.39 is 0 Å². The van der Waals surface area contributed by atoms with Crippen molar-refractivity contribution in [1.29, 1.82) is 0 Å². The Hall–Kier alpha value is -1.84. The number of methoxy groups -OCH3 is 1. The second-order valence-corrected chi connectivity index (χ2v) is 4.34. The van der Waals surface area contributed by atoms with Crippen molar-refractivity contribution in [1.82, 2.24) is 9.55 Å². The molecule has 0 bridgehead atoms. The van der Waals surface area contributed by atoms with Gasteiger partial charge in [-0.1, -0.05) is 19.1 Å². The zero-order valence-corrected chi connectivity index (χ0v) is 11.0. The summed E-state index contributed by atoms with van der Waals surface area (Å²) in [6.45, 7) is 3.95. The van der Waals surface area contributed by atoms with Crippen LogP contribution in [0.15, 0.2) is 24.3 Å². The van der Waals surface area contributed by atoms with Crippen LogP contribution in [0.3, 0.4) is 0 Å². The maximum absolute atomic E-state index is 11.7. The van der Waals surface area contributed by atoms with E-state index in [1.54, 1.807) is 0 Å². The van der Waals surface area contributed by atoms with Crippen molar-refractivity contribution in [3.63, 3.8) is 0 Å². The number of para-hydroxylation sites is 2. The average molecular weight is 246 g/mol. The predicted molar refractivity (Wildman–Crippen MR) is 70.5 cm³/mol. The van der Waals surface area contributed by atoms with E-state index in [-0.39, 0.29) is 12.0 Å². The van der Waals surface area contributed by atoms with Crippen LogP contribution in [0.5, 0.6) is 0 Å². The van der Waals surface area contributed by atoms with Gasteiger partial charge in [-0.3, -0.25) is 0 Å². The fourth-order valence-electron chi connectivity index (χ4n) is 2.20. The van der Waals surface area contributed by atoms with Crippen LogP contribution in [0.25, 0.3) is 11.0 Å². The standard InChI is InChI=1S/C14H18N2O2/c1-4-7-13-15-11-8-5-6-9-12(11)16(13)10(2)14(17)18-3/h5-6,8-10H,4,7H2,1-3H3/t10-/m1/s1. The fourth-order valence-corrected chi connectivity index (χ4v) is 2.20. The number of carbonyl (C=O) groups excluding carboxylic acids is 1. The number of benzene rings is 1. The molecule has 0 amide bonds. The van der Waals surface area contributed by atoms with Crippen molar-refractivity contribution in [2.45, 2.75) is 32.7 Å². The number of rotatable bonds is 4. The Bertz CT molecular complexity index is 560. The van der Waals surface area contributed by atoms with Crippen LogP contribution in [0.2, 0.25) is 0 Å². The molecule has 0 saturated heterocycles. The lowest BCUT2D eigenvalue weighted by atomic mass is 10.2. The van der Waals surface area contributed by atoms with Gasteiger partial charge in [-0.2, -0.15) is 0 Å². The third-order valence-electron chi connectivity index (χ3n) is 3.07. The molecule has 0 fully saturated rings. The number of fused-ring (bicyclic) bond motifs is 1. The van der Waals surface area contributed by atoms with E-state index in [4.69, 9.17) is 4.74 Å². The summed E-state index contributed by atoms with van der Waals surface area (Å²) < 4.78 is 6.81. The lowest BCUT2D eigenvalue weighted by molar-refractivity contribution is -0.143. The van der Waals surface area contributed by atoms with E-state index in [2.05, 4.69) is 11.9 Å². The van der Waals surface area contributed by atoms with Crippen LogP contribution < -0.4 is 0 Å². The first kappa shape index (κ1) is 12.6. The van der Waals surface area contributed by atoms with Gasteiger partial charge < -0.3 is 9.30 Å². The highest BCUT2D eigenvalue weighted by atomic mass is 16.5. The normalized spacial score (nSPS) is 12.6. The first-order chi connectivity index (χ1) is 8.69. The molecule has 4 nitrogen and oxygen atoms in total. The number of esters is 1. The number of aryl methyl sites for hydroxylation is 1. The van der Waals surface area contributed by atoms with E-state index in [0.717, 1.165) is 29.7 Å². The van der Waals surface area contributed by atoms with Gasteiger partial charge in [0.25, 0.3) is 0 Å². The summed E-state index contributed by atoms with van der Waals surface area (Å²) in [7, 11) is 1.41. The molecular weight excluding hydrogens is 228 g/mol. The SMILES string of the molecule is CCCc1nc2ccccc2n1[C@H](C)C(=O)OC. The van der Waals surface area contributed by atoms with E-state index in [1.807, 2.05) is 35.8 Å². The van der Waals surface area contributed by atoms with E-state index in [1.165, 1.54) is 7.11 Å². The monoisotopic (exact) mass is 246 g/mol. The summed E-state index contributed by atoms with van der Waals surface area (Å²) in [5, 5.41) is 0. The molecule has 0 N–H and O–H groups in total. The van der Waals surface area contributed by atoms with Crippen LogP contribution in [-0.4, -0.2) is 22.6 Å². The van der Waals surface area contributed by atoms with Gasteiger partial charge in [0.1, 0.15) is 11.9 Å². The van der Waals surface area contributed by atoms with Gasteiger partial charge >= 0.3 is 5.97 Å². The third-order valence-corrected chi connectivity index (χ3v) is 3.07. The highest BCUT2D eigenvalue weighted by Gasteiger charge is 2.21. The number of nitrogens with zero attached hydrogens (tertiary/aromatic N) is 2. The summed E-state index contributed by atoms with van der Waals surface area (Å²) in [5.74, 6) is 0.701. The lowest BCUT2D eigenvalue weighted by Crippen LogP contribution is -2.19. The molecule has 0 saturated carbocycles. The van der Waals surface area contributed by atoms with Crippen molar-refractivity contribution in [2.75, 3.05) is 7.11 Å². The largest absolute Gasteiger partial charge is 0.467 e. The summed E-state index contributed by atoms with van der Waals surface area (Å²) in [4.78, 5) is 16.3. The number of hydrogen-bond donors (Lipinski definition) is 0. The molecule has 0 spiro atoms. The maximum atomic E-state index is 11.7. The number of imidazole rings is 1. The van der Waals surface area contributed by atoms with Crippen LogP contribution in [0, 0.1) is 0 Å². The van der Waals surface area contributed by atoms with Crippen LogP contribution in [-0.2, 0) is 16.0 Å². The second-order valence-electron chi connectivity index (χ2n) is 4.34. The summed E-state index contributed by atoms with van der Waals surface area (Å²) in [6.07, 6.45) is 1.85. The molecule has 18 heavy (non-hydrogen) atoms. The molecule has 0 unspecified atom stereocenters. The molecule has 1 aromatic heterocycles. The van der Waals surface area contributed by atoms with Gasteiger partial charge in [0.2, 0.25) is 0 Å². The highest BCUT2D eigenvalue weighted by molar-refractivity contribution is 5.81. The zero-order chi connectivity index (χ0) is 13.1. The van der Waals surface area contributed by atoms with Crippen LogP contribution >= 0.6 is 0 Å². The van der Waals surface area contributed by atoms with Gasteiger partial charge in [0.05, 0.1) is 18.1 Å². The van der Waals surface area contributed by atoms with E-state index >= 15 is 0 Å². The summed E-state index contributed by atoms with van der Waals surface area (Å²) in [6, 6.07) is 7.53. The molecule has 1 atom stereocenters. The Balaban J connectivity index is 2.57.